The van der Waals surface area contributed by atoms with E-state index >= 15 is 0 Å². The lowest BCUT2D eigenvalue weighted by molar-refractivity contribution is -0.0190. The van der Waals surface area contributed by atoms with Crippen molar-refractivity contribution in [2.45, 2.75) is 18.7 Å². The summed E-state index contributed by atoms with van der Waals surface area (Å²) in [7, 11) is 0. The number of phenols is 1. The van der Waals surface area contributed by atoms with Crippen LogP contribution in [0.1, 0.15) is 35.4 Å². The number of hydrogen-bond acceptors (Lipinski definition) is 5. The maximum atomic E-state index is 10.2. The Hall–Kier alpha value is -3.34. The van der Waals surface area contributed by atoms with Crippen LogP contribution in [0.2, 0.25) is 0 Å². The molecule has 0 spiro atoms. The molecule has 5 heteroatoms. The first-order chi connectivity index (χ1) is 12.8. The minimum atomic E-state index is -0.318. The van der Waals surface area contributed by atoms with E-state index in [0.29, 0.717) is 0 Å². The maximum absolute atomic E-state index is 10.2. The predicted octanol–water partition coefficient (Wildman–Crippen LogP) is 4.03. The zero-order valence-electron chi connectivity index (χ0n) is 14.0. The Balaban J connectivity index is 1.62. The molecule has 0 fully saturated rings. The van der Waals surface area contributed by atoms with E-state index in [9.17, 15) is 5.11 Å². The molecule has 0 amide bonds. The molecule has 5 nitrogen and oxygen atoms in total. The van der Waals surface area contributed by atoms with Gasteiger partial charge in [0.1, 0.15) is 11.5 Å². The Morgan fingerprint density at radius 1 is 0.962 bits per heavy atom. The largest absolute Gasteiger partial charge is 0.507 e. The fourth-order valence-corrected chi connectivity index (χ4v) is 3.66. The van der Waals surface area contributed by atoms with Crippen molar-refractivity contribution in [3.05, 3.63) is 89.7 Å². The maximum Gasteiger partial charge on any atom is 0.213 e. The molecule has 2 aliphatic rings. The summed E-state index contributed by atoms with van der Waals surface area (Å²) in [5.41, 5.74) is 3.76. The van der Waals surface area contributed by atoms with Gasteiger partial charge < -0.3 is 9.84 Å². The summed E-state index contributed by atoms with van der Waals surface area (Å²) in [4.78, 5) is 4.10. The molecule has 0 radical (unpaired) electrons. The molecule has 5 rings (SSSR count). The van der Waals surface area contributed by atoms with Crippen LogP contribution in [0.3, 0.4) is 0 Å². The standard InChI is InChI=1S/C21H17N3O2/c25-19-7-3-1-5-15(19)17-13-18-16-6-2-4-8-20(16)26-21(24(18)23-17)14-9-11-22-12-10-14/h1-12,18,21,25H,13H2/t18-,21+/m0/s1. The van der Waals surface area contributed by atoms with Crippen molar-refractivity contribution in [2.75, 3.05) is 0 Å². The molecular formula is C21H17N3O2. The van der Waals surface area contributed by atoms with Gasteiger partial charge in [0.15, 0.2) is 0 Å². The number of para-hydroxylation sites is 2. The summed E-state index contributed by atoms with van der Waals surface area (Å²) in [6.45, 7) is 0. The highest BCUT2D eigenvalue weighted by Crippen LogP contribution is 2.47. The summed E-state index contributed by atoms with van der Waals surface area (Å²) in [6.07, 6.45) is 3.93. The van der Waals surface area contributed by atoms with Crippen molar-refractivity contribution in [1.29, 1.82) is 0 Å². The Bertz CT molecular complexity index is 987. The molecular weight excluding hydrogens is 326 g/mol. The van der Waals surface area contributed by atoms with Crippen LogP contribution in [0.4, 0.5) is 0 Å². The molecule has 0 saturated carbocycles. The molecule has 2 atom stereocenters. The molecule has 128 valence electrons. The molecule has 0 bridgehead atoms. The molecule has 3 heterocycles. The van der Waals surface area contributed by atoms with E-state index in [4.69, 9.17) is 9.84 Å². The lowest BCUT2D eigenvalue weighted by Gasteiger charge is -2.38. The van der Waals surface area contributed by atoms with Gasteiger partial charge in [-0.05, 0) is 30.3 Å². The predicted molar refractivity (Wildman–Crippen MR) is 97.9 cm³/mol. The van der Waals surface area contributed by atoms with Gasteiger partial charge in [-0.3, -0.25) is 4.98 Å². The highest BCUT2D eigenvalue weighted by Gasteiger charge is 2.41. The van der Waals surface area contributed by atoms with Gasteiger partial charge in [-0.15, -0.1) is 0 Å². The fourth-order valence-electron chi connectivity index (χ4n) is 3.66. The Labute approximate surface area is 151 Å². The molecule has 0 saturated heterocycles. The van der Waals surface area contributed by atoms with E-state index < -0.39 is 0 Å². The Kier molecular flexibility index (Phi) is 3.38. The SMILES string of the molecule is Oc1ccccc1C1=NN2[C@@H](c3ccncc3)Oc3ccccc3[C@@H]2C1. The lowest BCUT2D eigenvalue weighted by Crippen LogP contribution is -2.33. The van der Waals surface area contributed by atoms with Crippen molar-refractivity contribution < 1.29 is 9.84 Å². The number of benzene rings is 2. The number of nitrogens with zero attached hydrogens (tertiary/aromatic N) is 3. The van der Waals surface area contributed by atoms with Crippen LogP contribution in [0.25, 0.3) is 0 Å². The third-order valence-electron chi connectivity index (χ3n) is 4.91. The smallest absolute Gasteiger partial charge is 0.213 e. The van der Waals surface area contributed by atoms with Crippen LogP contribution in [0, 0.1) is 0 Å². The molecule has 2 aliphatic heterocycles. The molecule has 1 N–H and O–H groups in total. The van der Waals surface area contributed by atoms with E-state index in [1.54, 1.807) is 18.5 Å². The van der Waals surface area contributed by atoms with Gasteiger partial charge in [-0.2, -0.15) is 5.10 Å². The van der Waals surface area contributed by atoms with E-state index in [2.05, 4.69) is 11.1 Å². The second kappa shape index (κ2) is 5.88. The summed E-state index contributed by atoms with van der Waals surface area (Å²) in [6, 6.07) is 19.4. The number of ether oxygens (including phenoxy) is 1. The van der Waals surface area contributed by atoms with Crippen LogP contribution in [0.5, 0.6) is 11.5 Å². The number of hydrazone groups is 1. The van der Waals surface area contributed by atoms with Crippen LogP contribution < -0.4 is 4.74 Å². The number of hydrogen-bond donors (Lipinski definition) is 1. The van der Waals surface area contributed by atoms with E-state index in [1.807, 2.05) is 53.5 Å². The normalized spacial score (nSPS) is 20.8. The Morgan fingerprint density at radius 2 is 1.73 bits per heavy atom. The first-order valence-electron chi connectivity index (χ1n) is 8.61. The number of rotatable bonds is 2. The third kappa shape index (κ3) is 2.32. The summed E-state index contributed by atoms with van der Waals surface area (Å²) < 4.78 is 6.27. The van der Waals surface area contributed by atoms with Gasteiger partial charge in [-0.25, -0.2) is 5.01 Å². The van der Waals surface area contributed by atoms with Crippen LogP contribution in [0.15, 0.2) is 78.2 Å². The second-order valence-corrected chi connectivity index (χ2v) is 6.45. The molecule has 26 heavy (non-hydrogen) atoms. The van der Waals surface area contributed by atoms with Gasteiger partial charge in [0.2, 0.25) is 6.23 Å². The van der Waals surface area contributed by atoms with Crippen LogP contribution >= 0.6 is 0 Å². The number of pyridine rings is 1. The minimum absolute atomic E-state index is 0.0766. The molecule has 0 aliphatic carbocycles. The van der Waals surface area contributed by atoms with Crippen molar-refractivity contribution >= 4 is 5.71 Å². The van der Waals surface area contributed by atoms with Gasteiger partial charge in [0.05, 0.1) is 11.8 Å². The van der Waals surface area contributed by atoms with Crippen LogP contribution in [-0.4, -0.2) is 20.8 Å². The average Bonchev–Trinajstić information content (AvgIpc) is 3.14. The first-order valence-corrected chi connectivity index (χ1v) is 8.61. The molecule has 1 aromatic heterocycles. The van der Waals surface area contributed by atoms with E-state index in [0.717, 1.165) is 34.6 Å². The minimum Gasteiger partial charge on any atom is -0.507 e. The topological polar surface area (TPSA) is 58.0 Å². The number of aromatic hydroxyl groups is 1. The van der Waals surface area contributed by atoms with Crippen molar-refractivity contribution in [2.24, 2.45) is 5.10 Å². The van der Waals surface area contributed by atoms with Crippen LogP contribution in [-0.2, 0) is 0 Å². The number of fused-ring (bicyclic) bond motifs is 3. The molecule has 2 aromatic carbocycles. The average molecular weight is 343 g/mol. The van der Waals surface area contributed by atoms with E-state index in [1.165, 1.54) is 0 Å². The van der Waals surface area contributed by atoms with Crippen molar-refractivity contribution in [3.63, 3.8) is 0 Å². The van der Waals surface area contributed by atoms with Gasteiger partial charge in [0, 0.05) is 35.5 Å². The first kappa shape index (κ1) is 15.0. The molecule has 3 aromatic rings. The van der Waals surface area contributed by atoms with Crippen molar-refractivity contribution in [1.82, 2.24) is 9.99 Å². The molecule has 0 unspecified atom stereocenters. The fraction of sp³-hybridized carbons (Fsp3) is 0.143. The lowest BCUT2D eigenvalue weighted by atomic mass is 9.96. The second-order valence-electron chi connectivity index (χ2n) is 6.45. The van der Waals surface area contributed by atoms with Crippen molar-refractivity contribution in [3.8, 4) is 11.5 Å². The van der Waals surface area contributed by atoms with Gasteiger partial charge >= 0.3 is 0 Å². The number of aromatic nitrogens is 1. The van der Waals surface area contributed by atoms with E-state index in [-0.39, 0.29) is 18.0 Å². The summed E-state index contributed by atoms with van der Waals surface area (Å²) in [5, 5.41) is 17.1. The summed E-state index contributed by atoms with van der Waals surface area (Å²) in [5.74, 6) is 1.13. The monoisotopic (exact) mass is 343 g/mol. The summed E-state index contributed by atoms with van der Waals surface area (Å²) >= 11 is 0. The zero-order chi connectivity index (χ0) is 17.5. The highest BCUT2D eigenvalue weighted by atomic mass is 16.5. The number of phenolic OH excluding ortho intramolecular Hbond substituents is 1. The third-order valence-corrected chi connectivity index (χ3v) is 4.91. The highest BCUT2D eigenvalue weighted by molar-refractivity contribution is 6.04. The quantitative estimate of drug-likeness (QED) is 0.763. The van der Waals surface area contributed by atoms with Gasteiger partial charge in [0.25, 0.3) is 0 Å². The Morgan fingerprint density at radius 3 is 2.58 bits per heavy atom. The zero-order valence-corrected chi connectivity index (χ0v) is 14.0. The van der Waals surface area contributed by atoms with Gasteiger partial charge in [-0.1, -0.05) is 30.3 Å².